The van der Waals surface area contributed by atoms with Crippen molar-refractivity contribution in [2.75, 3.05) is 32.1 Å². The Kier molecular flexibility index (Phi) is 8.57. The number of anilines is 1. The van der Waals surface area contributed by atoms with E-state index in [4.69, 9.17) is 9.47 Å². The first-order valence-electron chi connectivity index (χ1n) is 12.3. The van der Waals surface area contributed by atoms with Crippen LogP contribution in [0.25, 0.3) is 0 Å². The Morgan fingerprint density at radius 1 is 0.972 bits per heavy atom. The van der Waals surface area contributed by atoms with Gasteiger partial charge in [-0.3, -0.25) is 14.5 Å². The van der Waals surface area contributed by atoms with Crippen LogP contribution in [0.1, 0.15) is 34.8 Å². The number of hydrogen-bond acceptors (Lipinski definition) is 5. The van der Waals surface area contributed by atoms with Crippen molar-refractivity contribution in [2.45, 2.75) is 32.4 Å². The van der Waals surface area contributed by atoms with Gasteiger partial charge in [0, 0.05) is 43.0 Å². The van der Waals surface area contributed by atoms with Crippen molar-refractivity contribution in [3.05, 3.63) is 89.5 Å². The quantitative estimate of drug-likeness (QED) is 0.446. The van der Waals surface area contributed by atoms with Crippen LogP contribution in [-0.4, -0.2) is 49.6 Å². The molecule has 0 fully saturated rings. The van der Waals surface area contributed by atoms with Gasteiger partial charge < -0.3 is 20.1 Å². The third-order valence-electron chi connectivity index (χ3n) is 6.49. The molecule has 0 spiro atoms. The highest BCUT2D eigenvalue weighted by atomic mass is 16.5. The predicted octanol–water partition coefficient (Wildman–Crippen LogP) is 4.28. The second-order valence-electron chi connectivity index (χ2n) is 8.85. The van der Waals surface area contributed by atoms with E-state index < -0.39 is 0 Å². The van der Waals surface area contributed by atoms with E-state index >= 15 is 0 Å². The summed E-state index contributed by atoms with van der Waals surface area (Å²) in [6.07, 6.45) is 2.01. The van der Waals surface area contributed by atoms with E-state index in [9.17, 15) is 9.59 Å². The van der Waals surface area contributed by atoms with Crippen molar-refractivity contribution in [2.24, 2.45) is 0 Å². The number of nitrogens with one attached hydrogen (secondary N) is 2. The molecular weight excluding hydrogens is 454 g/mol. The normalized spacial score (nSPS) is 13.8. The fourth-order valence-electron chi connectivity index (χ4n) is 4.42. The summed E-state index contributed by atoms with van der Waals surface area (Å²) >= 11 is 0. The van der Waals surface area contributed by atoms with Gasteiger partial charge in [0.15, 0.2) is 6.61 Å². The lowest BCUT2D eigenvalue weighted by Gasteiger charge is -2.35. The van der Waals surface area contributed by atoms with E-state index in [1.165, 1.54) is 11.1 Å². The highest BCUT2D eigenvalue weighted by molar-refractivity contribution is 5.94. The van der Waals surface area contributed by atoms with Gasteiger partial charge in [0.05, 0.1) is 7.11 Å². The van der Waals surface area contributed by atoms with Gasteiger partial charge in [-0.25, -0.2) is 0 Å². The van der Waals surface area contributed by atoms with Crippen LogP contribution in [0.2, 0.25) is 0 Å². The van der Waals surface area contributed by atoms with Crippen molar-refractivity contribution in [3.8, 4) is 11.5 Å². The number of benzene rings is 3. The van der Waals surface area contributed by atoms with E-state index in [0.717, 1.165) is 25.9 Å². The third kappa shape index (κ3) is 6.64. The number of nitrogens with zero attached hydrogens (tertiary/aromatic N) is 1. The van der Waals surface area contributed by atoms with E-state index in [-0.39, 0.29) is 24.5 Å². The summed E-state index contributed by atoms with van der Waals surface area (Å²) in [4.78, 5) is 27.4. The minimum absolute atomic E-state index is 0.117. The molecule has 3 aromatic carbocycles. The molecule has 1 atom stereocenters. The summed E-state index contributed by atoms with van der Waals surface area (Å²) in [5.41, 5.74) is 3.99. The Morgan fingerprint density at radius 2 is 1.75 bits per heavy atom. The summed E-state index contributed by atoms with van der Waals surface area (Å²) in [6.45, 7) is 4.54. The fourth-order valence-corrected chi connectivity index (χ4v) is 4.42. The largest absolute Gasteiger partial charge is 0.497 e. The van der Waals surface area contributed by atoms with Crippen molar-refractivity contribution < 1.29 is 19.1 Å². The monoisotopic (exact) mass is 487 g/mol. The molecule has 4 rings (SSSR count). The van der Waals surface area contributed by atoms with E-state index in [1.807, 2.05) is 0 Å². The second kappa shape index (κ2) is 12.2. The maximum Gasteiger partial charge on any atom is 0.262 e. The van der Waals surface area contributed by atoms with Crippen LogP contribution in [0, 0.1) is 0 Å². The Morgan fingerprint density at radius 3 is 2.50 bits per heavy atom. The molecule has 0 aliphatic carbocycles. The topological polar surface area (TPSA) is 79.9 Å². The number of carbonyl (C=O) groups excluding carboxylic acids is 2. The highest BCUT2D eigenvalue weighted by Gasteiger charge is 2.22. The first-order chi connectivity index (χ1) is 17.6. The zero-order valence-electron chi connectivity index (χ0n) is 20.8. The van der Waals surface area contributed by atoms with Crippen LogP contribution in [0.15, 0.2) is 72.8 Å². The lowest BCUT2D eigenvalue weighted by molar-refractivity contribution is -0.118. The van der Waals surface area contributed by atoms with Gasteiger partial charge in [0.1, 0.15) is 11.5 Å². The smallest absolute Gasteiger partial charge is 0.262 e. The molecule has 1 aliphatic rings. The number of fused-ring (bicyclic) bond motifs is 1. The zero-order chi connectivity index (χ0) is 25.3. The number of methoxy groups -OCH3 is 1. The number of hydrogen-bond donors (Lipinski definition) is 2. The van der Waals surface area contributed by atoms with E-state index in [0.29, 0.717) is 29.3 Å². The van der Waals surface area contributed by atoms with Crippen LogP contribution < -0.4 is 20.1 Å². The maximum absolute atomic E-state index is 12.7. The summed E-state index contributed by atoms with van der Waals surface area (Å²) < 4.78 is 10.7. The van der Waals surface area contributed by atoms with E-state index in [2.05, 4.69) is 46.7 Å². The molecule has 2 N–H and O–H groups in total. The summed E-state index contributed by atoms with van der Waals surface area (Å²) in [6, 6.07) is 22.8. The number of ether oxygens (including phenoxy) is 2. The molecule has 0 aromatic heterocycles. The first-order valence-corrected chi connectivity index (χ1v) is 12.3. The van der Waals surface area contributed by atoms with Crippen molar-refractivity contribution in [1.29, 1.82) is 0 Å². The van der Waals surface area contributed by atoms with Crippen LogP contribution in [0.3, 0.4) is 0 Å². The molecule has 1 heterocycles. The molecule has 1 unspecified atom stereocenters. The minimum Gasteiger partial charge on any atom is -0.497 e. The highest BCUT2D eigenvalue weighted by Crippen LogP contribution is 2.21. The van der Waals surface area contributed by atoms with Gasteiger partial charge in [0.2, 0.25) is 0 Å². The van der Waals surface area contributed by atoms with Crippen molar-refractivity contribution in [1.82, 2.24) is 10.2 Å². The van der Waals surface area contributed by atoms with Gasteiger partial charge in [-0.15, -0.1) is 0 Å². The van der Waals surface area contributed by atoms with Crippen molar-refractivity contribution >= 4 is 17.5 Å². The number of carbonyl (C=O) groups is 2. The van der Waals surface area contributed by atoms with E-state index in [1.54, 1.807) is 55.6 Å². The number of rotatable bonds is 10. The zero-order valence-corrected chi connectivity index (χ0v) is 20.8. The standard InChI is InChI=1S/C29H33N3O4/c1-3-25(32-16-15-21-7-4-5-8-23(21)19-32)18-30-29(34)22-11-13-26(14-12-22)36-20-28(33)31-24-9-6-10-27(17-24)35-2/h4-14,17,25H,3,15-16,18-20H2,1-2H3,(H,30,34)(H,31,33). The molecule has 1 aliphatic heterocycles. The predicted molar refractivity (Wildman–Crippen MR) is 141 cm³/mol. The average Bonchev–Trinajstić information content (AvgIpc) is 2.92. The van der Waals surface area contributed by atoms with Gasteiger partial charge >= 0.3 is 0 Å². The van der Waals surface area contributed by atoms with Crippen LogP contribution in [-0.2, 0) is 17.8 Å². The number of amides is 2. The Labute approximate surface area is 212 Å². The molecule has 7 nitrogen and oxygen atoms in total. The lowest BCUT2D eigenvalue weighted by atomic mass is 9.98. The molecule has 188 valence electrons. The third-order valence-corrected chi connectivity index (χ3v) is 6.49. The minimum atomic E-state index is -0.281. The second-order valence-corrected chi connectivity index (χ2v) is 8.85. The summed E-state index contributed by atoms with van der Waals surface area (Å²) in [5, 5.41) is 5.85. The molecule has 3 aromatic rings. The molecule has 36 heavy (non-hydrogen) atoms. The molecule has 0 bridgehead atoms. The maximum atomic E-state index is 12.7. The SMILES string of the molecule is CCC(CNC(=O)c1ccc(OCC(=O)Nc2cccc(OC)c2)cc1)N1CCc2ccccc2C1. The van der Waals surface area contributed by atoms with Crippen LogP contribution in [0.4, 0.5) is 5.69 Å². The molecule has 0 saturated heterocycles. The van der Waals surface area contributed by atoms with Crippen LogP contribution in [0.5, 0.6) is 11.5 Å². The Hall–Kier alpha value is -3.84. The molecule has 2 amide bonds. The first kappa shape index (κ1) is 25.3. The van der Waals surface area contributed by atoms with Crippen molar-refractivity contribution in [3.63, 3.8) is 0 Å². The van der Waals surface area contributed by atoms with Gasteiger partial charge in [0.25, 0.3) is 11.8 Å². The Bertz CT molecular complexity index is 1180. The van der Waals surface area contributed by atoms with Crippen LogP contribution >= 0.6 is 0 Å². The van der Waals surface area contributed by atoms with Gasteiger partial charge in [-0.2, -0.15) is 0 Å². The van der Waals surface area contributed by atoms with Gasteiger partial charge in [-0.05, 0) is 60.4 Å². The molecule has 0 radical (unpaired) electrons. The lowest BCUT2D eigenvalue weighted by Crippen LogP contribution is -2.45. The summed E-state index contributed by atoms with van der Waals surface area (Å²) in [7, 11) is 1.57. The molecule has 0 saturated carbocycles. The molecule has 7 heteroatoms. The molecular formula is C29H33N3O4. The Balaban J connectivity index is 1.24. The fraction of sp³-hybridized carbons (Fsp3) is 0.310. The summed E-state index contributed by atoms with van der Waals surface area (Å²) in [5.74, 6) is 0.782. The van der Waals surface area contributed by atoms with Gasteiger partial charge in [-0.1, -0.05) is 37.3 Å². The average molecular weight is 488 g/mol.